The van der Waals surface area contributed by atoms with Crippen molar-refractivity contribution in [3.8, 4) is 0 Å². The molecule has 0 aromatic rings. The first-order valence-electron chi connectivity index (χ1n) is 8.05. The highest BCUT2D eigenvalue weighted by atomic mass is 19.4. The fourth-order valence-corrected chi connectivity index (χ4v) is 3.89. The molecule has 0 aromatic carbocycles. The number of alkyl halides is 3. The number of nitrogens with one attached hydrogen (secondary N) is 1. The molecule has 2 aliphatic rings. The number of ether oxygens (including phenoxy) is 1. The van der Waals surface area contributed by atoms with E-state index in [2.05, 4.69) is 28.8 Å². The average Bonchev–Trinajstić information content (AvgIpc) is 2.90. The number of piperazine rings is 1. The number of rotatable bonds is 5. The Hall–Kier alpha value is -0.330. The van der Waals surface area contributed by atoms with Crippen molar-refractivity contribution in [1.29, 1.82) is 0 Å². The molecule has 0 unspecified atom stereocenters. The van der Waals surface area contributed by atoms with Gasteiger partial charge < -0.3 is 5.32 Å². The van der Waals surface area contributed by atoms with Crippen molar-refractivity contribution in [3.05, 3.63) is 0 Å². The number of nitrogens with zero attached hydrogens (tertiary/aromatic N) is 1. The molecule has 3 nitrogen and oxygen atoms in total. The van der Waals surface area contributed by atoms with E-state index < -0.39 is 6.36 Å². The lowest BCUT2D eigenvalue weighted by molar-refractivity contribution is -0.325. The summed E-state index contributed by atoms with van der Waals surface area (Å²) in [6.45, 7) is 6.10. The van der Waals surface area contributed by atoms with Crippen LogP contribution in [0.25, 0.3) is 0 Å². The van der Waals surface area contributed by atoms with Crippen LogP contribution in [0.4, 0.5) is 13.2 Å². The van der Waals surface area contributed by atoms with Crippen LogP contribution < -0.4 is 5.32 Å². The fourth-order valence-electron chi connectivity index (χ4n) is 3.89. The lowest BCUT2D eigenvalue weighted by atomic mass is 9.82. The first kappa shape index (κ1) is 17.0. The Bertz CT molecular complexity index is 336. The van der Waals surface area contributed by atoms with E-state index in [1.807, 2.05) is 0 Å². The third-order valence-corrected chi connectivity index (χ3v) is 5.47. The van der Waals surface area contributed by atoms with Gasteiger partial charge in [0.1, 0.15) is 0 Å². The van der Waals surface area contributed by atoms with E-state index in [9.17, 15) is 13.2 Å². The van der Waals surface area contributed by atoms with Gasteiger partial charge in [0.25, 0.3) is 0 Å². The minimum atomic E-state index is -4.52. The summed E-state index contributed by atoms with van der Waals surface area (Å²) < 4.78 is 40.6. The van der Waals surface area contributed by atoms with E-state index in [-0.39, 0.29) is 17.7 Å². The zero-order valence-electron chi connectivity index (χ0n) is 13.1. The van der Waals surface area contributed by atoms with Gasteiger partial charge in [-0.25, -0.2) is 0 Å². The average molecular weight is 308 g/mol. The molecule has 0 amide bonds. The lowest BCUT2D eigenvalue weighted by Crippen LogP contribution is -2.69. The van der Waals surface area contributed by atoms with Crippen LogP contribution in [-0.4, -0.2) is 48.6 Å². The molecule has 1 N–H and O–H groups in total. The minimum Gasteiger partial charge on any atom is -0.308 e. The van der Waals surface area contributed by atoms with Crippen molar-refractivity contribution < 1.29 is 17.9 Å². The lowest BCUT2D eigenvalue weighted by Gasteiger charge is -2.53. The maximum atomic E-state index is 12.2. The Balaban J connectivity index is 2.03. The Morgan fingerprint density at radius 2 is 1.76 bits per heavy atom. The molecule has 0 atom stereocenters. The molecule has 0 bridgehead atoms. The molecule has 21 heavy (non-hydrogen) atoms. The van der Waals surface area contributed by atoms with E-state index in [4.69, 9.17) is 0 Å². The zero-order valence-corrected chi connectivity index (χ0v) is 13.1. The first-order valence-corrected chi connectivity index (χ1v) is 8.05. The van der Waals surface area contributed by atoms with Gasteiger partial charge in [-0.05, 0) is 25.7 Å². The molecule has 1 aliphatic carbocycles. The van der Waals surface area contributed by atoms with Gasteiger partial charge in [-0.2, -0.15) is 0 Å². The topological polar surface area (TPSA) is 24.5 Å². The van der Waals surface area contributed by atoms with Crippen LogP contribution in [0.3, 0.4) is 0 Å². The monoisotopic (exact) mass is 308 g/mol. The van der Waals surface area contributed by atoms with E-state index in [0.717, 1.165) is 38.8 Å². The Morgan fingerprint density at radius 1 is 1.14 bits per heavy atom. The number of hydrogen-bond acceptors (Lipinski definition) is 3. The van der Waals surface area contributed by atoms with Gasteiger partial charge >= 0.3 is 6.36 Å². The molecule has 0 aromatic heterocycles. The highest BCUT2D eigenvalue weighted by molar-refractivity contribution is 5.06. The predicted molar refractivity (Wildman–Crippen MR) is 76.1 cm³/mol. The molecule has 0 radical (unpaired) electrons. The van der Waals surface area contributed by atoms with E-state index in [0.29, 0.717) is 6.54 Å². The van der Waals surface area contributed by atoms with Crippen LogP contribution in [0.1, 0.15) is 52.4 Å². The van der Waals surface area contributed by atoms with Crippen LogP contribution >= 0.6 is 0 Å². The molecule has 1 saturated heterocycles. The van der Waals surface area contributed by atoms with Crippen molar-refractivity contribution in [2.45, 2.75) is 69.8 Å². The quantitative estimate of drug-likeness (QED) is 0.843. The van der Waals surface area contributed by atoms with Gasteiger partial charge in [-0.3, -0.25) is 9.64 Å². The molecule has 124 valence electrons. The summed E-state index contributed by atoms with van der Waals surface area (Å²) in [5, 5.41) is 3.70. The third kappa shape index (κ3) is 3.90. The summed E-state index contributed by atoms with van der Waals surface area (Å²) >= 11 is 0. The molecule has 1 saturated carbocycles. The largest absolute Gasteiger partial charge is 0.522 e. The summed E-state index contributed by atoms with van der Waals surface area (Å²) in [5.41, 5.74) is 0.0782. The van der Waals surface area contributed by atoms with Gasteiger partial charge in [0.05, 0.1) is 6.61 Å². The summed E-state index contributed by atoms with van der Waals surface area (Å²) in [4.78, 5) is 2.27. The molecule has 1 aliphatic heterocycles. The summed E-state index contributed by atoms with van der Waals surface area (Å²) in [5.74, 6) is 0. The van der Waals surface area contributed by atoms with E-state index in [1.165, 1.54) is 12.8 Å². The summed E-state index contributed by atoms with van der Waals surface area (Å²) in [6, 6.07) is 0. The smallest absolute Gasteiger partial charge is 0.308 e. The van der Waals surface area contributed by atoms with Gasteiger partial charge in [-0.15, -0.1) is 13.2 Å². The molecule has 2 rings (SSSR count). The van der Waals surface area contributed by atoms with Crippen LogP contribution in [-0.2, 0) is 4.74 Å². The van der Waals surface area contributed by atoms with E-state index in [1.54, 1.807) is 0 Å². The molecule has 1 spiro atoms. The maximum absolute atomic E-state index is 12.2. The molecule has 2 fully saturated rings. The van der Waals surface area contributed by atoms with Gasteiger partial charge in [0, 0.05) is 30.7 Å². The zero-order chi connectivity index (χ0) is 15.6. The molecular formula is C15H27F3N2O. The second-order valence-corrected chi connectivity index (χ2v) is 6.49. The first-order chi connectivity index (χ1) is 9.85. The third-order valence-electron chi connectivity index (χ3n) is 5.47. The van der Waals surface area contributed by atoms with Crippen molar-refractivity contribution in [3.63, 3.8) is 0 Å². The number of halogens is 3. The summed E-state index contributed by atoms with van der Waals surface area (Å²) in [7, 11) is 0. The van der Waals surface area contributed by atoms with Gasteiger partial charge in [0.15, 0.2) is 0 Å². The van der Waals surface area contributed by atoms with E-state index >= 15 is 0 Å². The Kier molecular flexibility index (Phi) is 5.21. The fraction of sp³-hybridized carbons (Fsp3) is 1.00. The predicted octanol–water partition coefficient (Wildman–Crippen LogP) is 3.30. The van der Waals surface area contributed by atoms with Crippen LogP contribution in [0.5, 0.6) is 0 Å². The van der Waals surface area contributed by atoms with Crippen molar-refractivity contribution in [2.24, 2.45) is 0 Å². The molecule has 1 heterocycles. The number of hydrogen-bond donors (Lipinski definition) is 1. The second kappa shape index (κ2) is 6.42. The SMILES string of the molecule is CCC1(CC)CN(CCOC(F)(F)F)C2(CCCC2)CN1. The summed E-state index contributed by atoms with van der Waals surface area (Å²) in [6.07, 6.45) is 1.97. The highest BCUT2D eigenvalue weighted by Crippen LogP contribution is 2.39. The highest BCUT2D eigenvalue weighted by Gasteiger charge is 2.47. The molecular weight excluding hydrogens is 281 g/mol. The van der Waals surface area contributed by atoms with Crippen molar-refractivity contribution in [1.82, 2.24) is 10.2 Å². The Labute approximate surface area is 125 Å². The molecule has 6 heteroatoms. The van der Waals surface area contributed by atoms with Crippen molar-refractivity contribution >= 4 is 0 Å². The standard InChI is InChI=1S/C15H27F3N2O/c1-3-13(4-2)12-20(9-10-21-15(16,17)18)14(11-19-13)7-5-6-8-14/h19H,3-12H2,1-2H3. The van der Waals surface area contributed by atoms with Crippen molar-refractivity contribution in [2.75, 3.05) is 26.2 Å². The van der Waals surface area contributed by atoms with Crippen LogP contribution in [0.15, 0.2) is 0 Å². The van der Waals surface area contributed by atoms with Gasteiger partial charge in [-0.1, -0.05) is 26.7 Å². The van der Waals surface area contributed by atoms with Crippen LogP contribution in [0, 0.1) is 0 Å². The Morgan fingerprint density at radius 3 is 2.29 bits per heavy atom. The maximum Gasteiger partial charge on any atom is 0.522 e. The van der Waals surface area contributed by atoms with Gasteiger partial charge in [0.2, 0.25) is 0 Å². The van der Waals surface area contributed by atoms with Crippen LogP contribution in [0.2, 0.25) is 0 Å². The minimum absolute atomic E-state index is 0.0338. The normalized spacial score (nSPS) is 25.6. The second-order valence-electron chi connectivity index (χ2n) is 6.49.